The number of carbonyl (C=O) groups is 1. The molecule has 1 heterocycles. The van der Waals surface area contributed by atoms with Crippen LogP contribution in [0.5, 0.6) is 5.75 Å². The van der Waals surface area contributed by atoms with Crippen LogP contribution >= 0.6 is 0 Å². The molecule has 4 nitrogen and oxygen atoms in total. The first kappa shape index (κ1) is 15.8. The molecule has 1 atom stereocenters. The van der Waals surface area contributed by atoms with Crippen LogP contribution in [0, 0.1) is 5.82 Å². The van der Waals surface area contributed by atoms with Crippen LogP contribution in [0.3, 0.4) is 0 Å². The van der Waals surface area contributed by atoms with E-state index in [1.807, 2.05) is 4.90 Å². The first-order valence-corrected chi connectivity index (χ1v) is 7.60. The normalized spacial score (nSPS) is 17.7. The highest BCUT2D eigenvalue weighted by Gasteiger charge is 2.25. The van der Waals surface area contributed by atoms with Crippen LogP contribution in [0.15, 0.2) is 24.3 Å². The van der Waals surface area contributed by atoms with Crippen molar-refractivity contribution in [2.75, 3.05) is 26.2 Å². The molecule has 1 aromatic carbocycles. The van der Waals surface area contributed by atoms with Gasteiger partial charge in [-0.2, -0.15) is 0 Å². The molecule has 0 radical (unpaired) electrons. The fraction of sp³-hybridized carbons (Fsp3) is 0.562. The van der Waals surface area contributed by atoms with Crippen LogP contribution in [0.4, 0.5) is 4.39 Å². The Labute approximate surface area is 125 Å². The number of rotatable bonds is 7. The third-order valence-electron chi connectivity index (χ3n) is 3.67. The summed E-state index contributed by atoms with van der Waals surface area (Å²) in [5, 5.41) is 3.28. The third-order valence-corrected chi connectivity index (χ3v) is 3.67. The second-order valence-electron chi connectivity index (χ2n) is 5.26. The Hall–Kier alpha value is -1.62. The smallest absolute Gasteiger partial charge is 0.226 e. The minimum absolute atomic E-state index is 0.0851. The number of hydrogen-bond acceptors (Lipinski definition) is 3. The van der Waals surface area contributed by atoms with Gasteiger partial charge >= 0.3 is 0 Å². The van der Waals surface area contributed by atoms with Crippen molar-refractivity contribution < 1.29 is 13.9 Å². The molecular formula is C16H23FN2O2. The minimum Gasteiger partial charge on any atom is -0.490 e. The van der Waals surface area contributed by atoms with Gasteiger partial charge in [-0.1, -0.05) is 19.1 Å². The van der Waals surface area contributed by atoms with Crippen molar-refractivity contribution in [1.82, 2.24) is 10.2 Å². The van der Waals surface area contributed by atoms with E-state index >= 15 is 0 Å². The van der Waals surface area contributed by atoms with Crippen molar-refractivity contribution in [3.05, 3.63) is 30.1 Å². The molecule has 116 valence electrons. The molecule has 1 fully saturated rings. The lowest BCUT2D eigenvalue weighted by molar-refractivity contribution is -0.133. The zero-order chi connectivity index (χ0) is 15.1. The van der Waals surface area contributed by atoms with Gasteiger partial charge in [0, 0.05) is 19.1 Å². The van der Waals surface area contributed by atoms with E-state index in [1.54, 1.807) is 18.2 Å². The van der Waals surface area contributed by atoms with E-state index in [-0.39, 0.29) is 30.7 Å². The summed E-state index contributed by atoms with van der Waals surface area (Å²) in [6.45, 7) is 4.87. The summed E-state index contributed by atoms with van der Waals surface area (Å²) in [5.74, 6) is -0.105. The quantitative estimate of drug-likeness (QED) is 0.838. The number of nitrogens with one attached hydrogen (secondary N) is 1. The van der Waals surface area contributed by atoms with E-state index in [4.69, 9.17) is 4.74 Å². The molecule has 1 unspecified atom stereocenters. The minimum atomic E-state index is -0.393. The Balaban J connectivity index is 1.83. The largest absolute Gasteiger partial charge is 0.490 e. The Kier molecular flexibility index (Phi) is 5.99. The zero-order valence-electron chi connectivity index (χ0n) is 12.5. The van der Waals surface area contributed by atoms with Crippen molar-refractivity contribution in [3.63, 3.8) is 0 Å². The molecule has 1 amide bonds. The first-order valence-electron chi connectivity index (χ1n) is 7.60. The van der Waals surface area contributed by atoms with E-state index < -0.39 is 5.82 Å². The second kappa shape index (κ2) is 7.98. The third kappa shape index (κ3) is 4.43. The highest BCUT2D eigenvalue weighted by atomic mass is 19.1. The maximum atomic E-state index is 13.4. The highest BCUT2D eigenvalue weighted by Crippen LogP contribution is 2.16. The molecule has 0 bridgehead atoms. The van der Waals surface area contributed by atoms with Gasteiger partial charge in [0.25, 0.3) is 0 Å². The maximum Gasteiger partial charge on any atom is 0.226 e. The molecule has 21 heavy (non-hydrogen) atoms. The predicted molar refractivity (Wildman–Crippen MR) is 79.8 cm³/mol. The van der Waals surface area contributed by atoms with E-state index in [1.165, 1.54) is 6.07 Å². The number of nitrogens with zero attached hydrogens (tertiary/aromatic N) is 1. The topological polar surface area (TPSA) is 41.6 Å². The van der Waals surface area contributed by atoms with Gasteiger partial charge in [-0.15, -0.1) is 0 Å². The van der Waals surface area contributed by atoms with Crippen LogP contribution in [-0.2, 0) is 4.79 Å². The number of para-hydroxylation sites is 1. The molecule has 0 saturated carbocycles. The van der Waals surface area contributed by atoms with Gasteiger partial charge in [-0.25, -0.2) is 4.39 Å². The summed E-state index contributed by atoms with van der Waals surface area (Å²) in [4.78, 5) is 14.3. The zero-order valence-corrected chi connectivity index (χ0v) is 12.5. The van der Waals surface area contributed by atoms with Gasteiger partial charge in [-0.05, 0) is 31.5 Å². The van der Waals surface area contributed by atoms with Gasteiger partial charge in [0.1, 0.15) is 0 Å². The predicted octanol–water partition coefficient (Wildman–Crippen LogP) is 2.20. The van der Waals surface area contributed by atoms with Crippen LogP contribution in [0.2, 0.25) is 0 Å². The lowest BCUT2D eigenvalue weighted by Gasteiger charge is -2.28. The van der Waals surface area contributed by atoms with Crippen molar-refractivity contribution >= 4 is 5.91 Å². The monoisotopic (exact) mass is 294 g/mol. The first-order chi connectivity index (χ1) is 10.2. The molecular weight excluding hydrogens is 271 g/mol. The highest BCUT2D eigenvalue weighted by molar-refractivity contribution is 5.76. The Bertz CT molecular complexity index is 461. The number of benzene rings is 1. The van der Waals surface area contributed by atoms with E-state index in [0.29, 0.717) is 0 Å². The fourth-order valence-electron chi connectivity index (χ4n) is 2.61. The summed E-state index contributed by atoms with van der Waals surface area (Å²) >= 11 is 0. The van der Waals surface area contributed by atoms with Crippen molar-refractivity contribution in [1.29, 1.82) is 0 Å². The molecule has 5 heteroatoms. The van der Waals surface area contributed by atoms with Crippen LogP contribution in [0.25, 0.3) is 0 Å². The van der Waals surface area contributed by atoms with Gasteiger partial charge in [0.05, 0.1) is 13.0 Å². The Morgan fingerprint density at radius 3 is 2.95 bits per heavy atom. The summed E-state index contributed by atoms with van der Waals surface area (Å²) < 4.78 is 18.8. The van der Waals surface area contributed by atoms with E-state index in [9.17, 15) is 9.18 Å². The summed E-state index contributed by atoms with van der Waals surface area (Å²) in [6, 6.07) is 6.54. The number of halogens is 1. The maximum absolute atomic E-state index is 13.4. The molecule has 2 rings (SSSR count). The van der Waals surface area contributed by atoms with Crippen molar-refractivity contribution in [3.8, 4) is 5.75 Å². The summed E-state index contributed by atoms with van der Waals surface area (Å²) in [6.07, 6.45) is 2.22. The van der Waals surface area contributed by atoms with Gasteiger partial charge in [-0.3, -0.25) is 4.79 Å². The Morgan fingerprint density at radius 2 is 2.29 bits per heavy atom. The molecule has 1 aliphatic rings. The van der Waals surface area contributed by atoms with Gasteiger partial charge in [0.2, 0.25) is 5.91 Å². The average molecular weight is 294 g/mol. The number of hydrogen-bond donors (Lipinski definition) is 1. The lowest BCUT2D eigenvalue weighted by atomic mass is 10.2. The molecule has 1 aliphatic heterocycles. The van der Waals surface area contributed by atoms with Crippen LogP contribution < -0.4 is 10.1 Å². The van der Waals surface area contributed by atoms with Crippen molar-refractivity contribution in [2.24, 2.45) is 0 Å². The van der Waals surface area contributed by atoms with Gasteiger partial charge < -0.3 is 15.0 Å². The molecule has 0 aromatic heterocycles. The van der Waals surface area contributed by atoms with Gasteiger partial charge in [0.15, 0.2) is 11.6 Å². The molecule has 0 aliphatic carbocycles. The molecule has 0 spiro atoms. The van der Waals surface area contributed by atoms with Crippen molar-refractivity contribution in [2.45, 2.75) is 32.2 Å². The summed E-state index contributed by atoms with van der Waals surface area (Å²) in [5.41, 5.74) is 0. The average Bonchev–Trinajstić information content (AvgIpc) is 3.00. The summed E-state index contributed by atoms with van der Waals surface area (Å²) in [7, 11) is 0. The number of ether oxygens (including phenoxy) is 1. The van der Waals surface area contributed by atoms with Crippen LogP contribution in [0.1, 0.15) is 26.2 Å². The number of carbonyl (C=O) groups excluding carboxylic acids is 1. The van der Waals surface area contributed by atoms with Crippen LogP contribution in [-0.4, -0.2) is 43.1 Å². The van der Waals surface area contributed by atoms with E-state index in [0.717, 1.165) is 32.5 Å². The number of amides is 1. The molecule has 1 N–H and O–H groups in total. The van der Waals surface area contributed by atoms with E-state index in [2.05, 4.69) is 12.2 Å². The SMILES string of the molecule is CCCN(C(=O)CCOc1ccccc1F)C1CCNC1. The fourth-order valence-corrected chi connectivity index (χ4v) is 2.61. The standard InChI is InChI=1S/C16H23FN2O2/c1-2-10-19(13-7-9-18-12-13)16(20)8-11-21-15-6-4-3-5-14(15)17/h3-6,13,18H,2,7-12H2,1H3. The lowest BCUT2D eigenvalue weighted by Crippen LogP contribution is -2.42. The molecule has 1 aromatic rings. The Morgan fingerprint density at radius 1 is 1.48 bits per heavy atom. The second-order valence-corrected chi connectivity index (χ2v) is 5.26. The molecule has 1 saturated heterocycles.